The van der Waals surface area contributed by atoms with Crippen molar-refractivity contribution >= 4 is 15.9 Å². The van der Waals surface area contributed by atoms with Crippen molar-refractivity contribution in [1.82, 2.24) is 14.7 Å². The summed E-state index contributed by atoms with van der Waals surface area (Å²) in [5.74, 6) is 0.948. The lowest BCUT2D eigenvalue weighted by Crippen LogP contribution is -2.26. The second-order valence-corrected chi connectivity index (χ2v) is 9.58. The number of nitrogens with one attached hydrogen (secondary N) is 1. The van der Waals surface area contributed by atoms with Gasteiger partial charge in [0.2, 0.25) is 5.76 Å². The first-order chi connectivity index (χ1) is 17.1. The van der Waals surface area contributed by atoms with Crippen molar-refractivity contribution in [2.75, 3.05) is 14.2 Å². The van der Waals surface area contributed by atoms with E-state index in [2.05, 4.69) is 26.3 Å². The minimum atomic E-state index is -4.10. The Hall–Kier alpha value is -4.12. The van der Waals surface area contributed by atoms with Crippen LogP contribution in [-0.4, -0.2) is 38.4 Å². The molecule has 1 aliphatic carbocycles. The Balaban J connectivity index is 2.05. The first-order valence-electron chi connectivity index (χ1n) is 11.0. The van der Waals surface area contributed by atoms with Gasteiger partial charge in [-0.25, -0.2) is 4.98 Å². The van der Waals surface area contributed by atoms with E-state index in [-0.39, 0.29) is 34.1 Å². The highest BCUT2D eigenvalue weighted by Crippen LogP contribution is 2.29. The van der Waals surface area contributed by atoms with Crippen LogP contribution in [0.1, 0.15) is 24.5 Å². The van der Waals surface area contributed by atoms with Crippen molar-refractivity contribution in [3.63, 3.8) is 0 Å². The molecule has 0 aliphatic heterocycles. The molecule has 2 aromatic rings. The number of ether oxygens (including phenoxy) is 3. The predicted molar refractivity (Wildman–Crippen MR) is 135 cm³/mol. The van der Waals surface area contributed by atoms with E-state index >= 15 is 0 Å². The molecule has 190 valence electrons. The predicted octanol–water partition coefficient (Wildman–Crippen LogP) is 3.27. The molecule has 3 N–H and O–H groups in total. The number of methoxy groups -OCH3 is 2. The number of sulfonamides is 1. The van der Waals surface area contributed by atoms with Crippen LogP contribution in [0.2, 0.25) is 0 Å². The van der Waals surface area contributed by atoms with Crippen LogP contribution < -0.4 is 10.5 Å². The van der Waals surface area contributed by atoms with Gasteiger partial charge >= 0.3 is 0 Å². The van der Waals surface area contributed by atoms with Gasteiger partial charge in [-0.15, -0.1) is 0 Å². The van der Waals surface area contributed by atoms with Gasteiger partial charge in [0, 0.05) is 24.2 Å². The normalized spacial score (nSPS) is 16.8. The maximum atomic E-state index is 13.0. The molecule has 0 saturated heterocycles. The Morgan fingerprint density at radius 3 is 2.53 bits per heavy atom. The van der Waals surface area contributed by atoms with Gasteiger partial charge in [-0.3, -0.25) is 9.71 Å². The fraction of sp³-hybridized carbons (Fsp3) is 0.240. The largest absolute Gasteiger partial charge is 0.493 e. The van der Waals surface area contributed by atoms with Crippen LogP contribution in [0, 0.1) is 12.8 Å². The van der Waals surface area contributed by atoms with Crippen molar-refractivity contribution in [2.45, 2.75) is 25.3 Å². The van der Waals surface area contributed by atoms with E-state index in [1.807, 2.05) is 19.1 Å². The second-order valence-electron chi connectivity index (χ2n) is 7.95. The maximum absolute atomic E-state index is 13.0. The molecule has 11 heteroatoms. The molecule has 0 spiro atoms. The number of hydrogen-bond acceptors (Lipinski definition) is 8. The molecular weight excluding hydrogens is 482 g/mol. The van der Waals surface area contributed by atoms with Gasteiger partial charge in [-0.2, -0.15) is 13.4 Å². The highest BCUT2D eigenvalue weighted by molar-refractivity contribution is 7.89. The van der Waals surface area contributed by atoms with E-state index in [0.29, 0.717) is 23.5 Å². The lowest BCUT2D eigenvalue weighted by Gasteiger charge is -2.22. The quantitative estimate of drug-likeness (QED) is 0.215. The van der Waals surface area contributed by atoms with Crippen LogP contribution in [-0.2, 0) is 24.2 Å². The first kappa shape index (κ1) is 26.5. The van der Waals surface area contributed by atoms with E-state index in [9.17, 15) is 8.42 Å². The van der Waals surface area contributed by atoms with Gasteiger partial charge in [0.25, 0.3) is 15.9 Å². The van der Waals surface area contributed by atoms with Crippen LogP contribution in [0.25, 0.3) is 0 Å². The van der Waals surface area contributed by atoms with Crippen LogP contribution in [0.5, 0.6) is 0 Å². The van der Waals surface area contributed by atoms with E-state index in [4.69, 9.17) is 19.9 Å². The molecule has 1 unspecified atom stereocenters. The number of aliphatic imine (C=N–C) groups is 1. The topological polar surface area (TPSA) is 138 Å². The molecule has 10 nitrogen and oxygen atoms in total. The SMILES string of the molecule is C=C(NS(=O)(=O)c1ccc(C)cn1)/C(OC1=CCC(C)C=C1OC)=C(\N=C(N)c1ccncc1)OC. The highest BCUT2D eigenvalue weighted by Gasteiger charge is 2.25. The lowest BCUT2D eigenvalue weighted by atomic mass is 10.0. The molecule has 2 aromatic heterocycles. The summed E-state index contributed by atoms with van der Waals surface area (Å²) >= 11 is 0. The molecule has 36 heavy (non-hydrogen) atoms. The third-order valence-corrected chi connectivity index (χ3v) is 6.37. The second kappa shape index (κ2) is 11.5. The maximum Gasteiger partial charge on any atom is 0.279 e. The first-order valence-corrected chi connectivity index (χ1v) is 12.4. The van der Waals surface area contributed by atoms with Crippen molar-refractivity contribution < 1.29 is 22.6 Å². The number of hydrogen-bond donors (Lipinski definition) is 2. The molecule has 0 amide bonds. The standard InChI is InChI=1S/C25H29N5O5S/c1-16-6-8-20(21(14-16)33-4)35-23(25(34-5)29-24(26)19-10-12-27-13-11-19)18(3)30-36(31,32)22-9-7-17(2)15-28-22/h7-16,30H,3,6H2,1-2,4-5H3,(H2,26,29)/b25-23-. The van der Waals surface area contributed by atoms with Crippen molar-refractivity contribution in [1.29, 1.82) is 0 Å². The zero-order valence-corrected chi connectivity index (χ0v) is 21.4. The van der Waals surface area contributed by atoms with Gasteiger partial charge in [0.05, 0.1) is 19.9 Å². The Morgan fingerprint density at radius 2 is 1.92 bits per heavy atom. The van der Waals surface area contributed by atoms with Crippen molar-refractivity contribution in [3.05, 3.63) is 102 Å². The number of rotatable bonds is 10. The summed E-state index contributed by atoms with van der Waals surface area (Å²) in [6, 6.07) is 6.37. The fourth-order valence-corrected chi connectivity index (χ4v) is 4.13. The summed E-state index contributed by atoms with van der Waals surface area (Å²) in [6.45, 7) is 7.71. The Bertz CT molecular complexity index is 1330. The summed E-state index contributed by atoms with van der Waals surface area (Å²) in [6.07, 6.45) is 9.00. The Kier molecular flexibility index (Phi) is 8.49. The van der Waals surface area contributed by atoms with Gasteiger partial charge in [-0.05, 0) is 55.2 Å². The zero-order chi connectivity index (χ0) is 26.3. The summed E-state index contributed by atoms with van der Waals surface area (Å²) in [4.78, 5) is 12.3. The number of aryl methyl sites for hydroxylation is 1. The summed E-state index contributed by atoms with van der Waals surface area (Å²) in [7, 11) is -1.22. The van der Waals surface area contributed by atoms with Crippen LogP contribution in [0.4, 0.5) is 0 Å². The Labute approximate surface area is 211 Å². The molecule has 0 fully saturated rings. The fourth-order valence-electron chi connectivity index (χ4n) is 3.17. The number of allylic oxidation sites excluding steroid dienone is 2. The molecule has 1 atom stereocenters. The summed E-state index contributed by atoms with van der Waals surface area (Å²) in [5.41, 5.74) is 7.42. The molecule has 3 rings (SSSR count). The monoisotopic (exact) mass is 511 g/mol. The van der Waals surface area contributed by atoms with E-state index in [1.54, 1.807) is 37.5 Å². The van der Waals surface area contributed by atoms with Gasteiger partial charge < -0.3 is 19.9 Å². The zero-order valence-electron chi connectivity index (χ0n) is 20.6. The molecule has 2 heterocycles. The van der Waals surface area contributed by atoms with E-state index in [1.165, 1.54) is 26.5 Å². The molecular formula is C25H29N5O5S. The molecule has 1 aliphatic rings. The average molecular weight is 512 g/mol. The van der Waals surface area contributed by atoms with Crippen LogP contribution >= 0.6 is 0 Å². The minimum absolute atomic E-state index is 0.0972. The lowest BCUT2D eigenvalue weighted by molar-refractivity contribution is 0.198. The van der Waals surface area contributed by atoms with E-state index < -0.39 is 10.0 Å². The van der Waals surface area contributed by atoms with Crippen LogP contribution in [0.3, 0.4) is 0 Å². The summed E-state index contributed by atoms with van der Waals surface area (Å²) in [5, 5.41) is -0.185. The number of nitrogens with zero attached hydrogens (tertiary/aromatic N) is 3. The molecule has 0 saturated carbocycles. The van der Waals surface area contributed by atoms with E-state index in [0.717, 1.165) is 5.56 Å². The van der Waals surface area contributed by atoms with Crippen LogP contribution in [0.15, 0.2) is 100 Å². The average Bonchev–Trinajstić information content (AvgIpc) is 2.87. The number of nitrogens with two attached hydrogens (primary N) is 1. The Morgan fingerprint density at radius 1 is 1.19 bits per heavy atom. The third-order valence-electron chi connectivity index (χ3n) is 5.06. The number of amidine groups is 1. The molecule has 0 radical (unpaired) electrons. The molecule has 0 aromatic carbocycles. The smallest absolute Gasteiger partial charge is 0.279 e. The molecule has 0 bridgehead atoms. The minimum Gasteiger partial charge on any atom is -0.493 e. The summed E-state index contributed by atoms with van der Waals surface area (Å²) < 4.78 is 45.4. The van der Waals surface area contributed by atoms with Crippen molar-refractivity contribution in [3.8, 4) is 0 Å². The van der Waals surface area contributed by atoms with Gasteiger partial charge in [0.15, 0.2) is 16.5 Å². The number of pyridine rings is 2. The van der Waals surface area contributed by atoms with Gasteiger partial charge in [0.1, 0.15) is 5.84 Å². The van der Waals surface area contributed by atoms with Crippen molar-refractivity contribution in [2.24, 2.45) is 16.6 Å². The highest BCUT2D eigenvalue weighted by atomic mass is 32.2. The van der Waals surface area contributed by atoms with Gasteiger partial charge in [-0.1, -0.05) is 19.6 Å². The third kappa shape index (κ3) is 6.51. The number of aromatic nitrogens is 2.